The Kier molecular flexibility index (Phi) is 4.54. The lowest BCUT2D eigenvalue weighted by atomic mass is 9.90. The highest BCUT2D eigenvalue weighted by atomic mass is 15.0. The summed E-state index contributed by atoms with van der Waals surface area (Å²) in [6.07, 6.45) is 6.91. The molecule has 1 N–H and O–H groups in total. The Hall–Kier alpha value is -2.45. The lowest BCUT2D eigenvalue weighted by Gasteiger charge is -2.17. The maximum atomic E-state index is 7.69. The van der Waals surface area contributed by atoms with E-state index >= 15 is 0 Å². The van der Waals surface area contributed by atoms with Crippen LogP contribution in [0.3, 0.4) is 0 Å². The number of benzene rings is 2. The minimum absolute atomic E-state index is 0.951. The summed E-state index contributed by atoms with van der Waals surface area (Å²) in [6.45, 7) is 0.951. The summed E-state index contributed by atoms with van der Waals surface area (Å²) in [5, 5.41) is 7.69. The summed E-state index contributed by atoms with van der Waals surface area (Å²) >= 11 is 0. The van der Waals surface area contributed by atoms with E-state index in [9.17, 15) is 0 Å². The topological polar surface area (TPSA) is 27.1 Å². The quantitative estimate of drug-likeness (QED) is 0.801. The van der Waals surface area contributed by atoms with Gasteiger partial charge in [0.2, 0.25) is 0 Å². The van der Waals surface area contributed by atoms with Crippen molar-refractivity contribution in [2.75, 3.05) is 20.6 Å². The van der Waals surface area contributed by atoms with Gasteiger partial charge in [0.05, 0.1) is 0 Å². The van der Waals surface area contributed by atoms with E-state index in [2.05, 4.69) is 61.5 Å². The third-order valence-corrected chi connectivity index (χ3v) is 4.17. The van der Waals surface area contributed by atoms with Crippen LogP contribution in [0.4, 0.5) is 0 Å². The van der Waals surface area contributed by atoms with Gasteiger partial charge in [-0.25, -0.2) is 0 Å². The van der Waals surface area contributed by atoms with Crippen molar-refractivity contribution in [3.8, 4) is 11.1 Å². The average molecular weight is 302 g/mol. The molecule has 2 aromatic carbocycles. The fourth-order valence-electron chi connectivity index (χ4n) is 3.17. The number of nitrogens with one attached hydrogen (secondary N) is 1. The number of hydrogen-bond donors (Lipinski definition) is 1. The second kappa shape index (κ2) is 6.76. The van der Waals surface area contributed by atoms with Gasteiger partial charge in [-0.2, -0.15) is 0 Å². The predicted molar refractivity (Wildman–Crippen MR) is 99.0 cm³/mol. The Morgan fingerprint density at radius 2 is 1.61 bits per heavy atom. The molecule has 2 nitrogen and oxygen atoms in total. The zero-order chi connectivity index (χ0) is 16.2. The maximum Gasteiger partial charge on any atom is 0.0256 e. The minimum atomic E-state index is 0.951. The van der Waals surface area contributed by atoms with Crippen molar-refractivity contribution in [1.82, 2.24) is 4.90 Å². The number of hydrogen-bond acceptors (Lipinski definition) is 2. The second-order valence-corrected chi connectivity index (χ2v) is 6.13. The molecule has 0 saturated heterocycles. The van der Waals surface area contributed by atoms with Gasteiger partial charge in [-0.3, -0.25) is 0 Å². The van der Waals surface area contributed by atoms with E-state index in [1.807, 2.05) is 18.2 Å². The van der Waals surface area contributed by atoms with Crippen molar-refractivity contribution in [2.45, 2.75) is 6.42 Å². The van der Waals surface area contributed by atoms with E-state index in [0.717, 1.165) is 24.1 Å². The molecule has 0 amide bonds. The van der Waals surface area contributed by atoms with Crippen molar-refractivity contribution in [3.63, 3.8) is 0 Å². The van der Waals surface area contributed by atoms with E-state index in [4.69, 9.17) is 5.41 Å². The summed E-state index contributed by atoms with van der Waals surface area (Å²) < 4.78 is 0. The molecule has 0 aliphatic heterocycles. The Balaban J connectivity index is 2.14. The third-order valence-electron chi connectivity index (χ3n) is 4.17. The zero-order valence-corrected chi connectivity index (χ0v) is 13.7. The van der Waals surface area contributed by atoms with Crippen LogP contribution in [-0.4, -0.2) is 31.8 Å². The Morgan fingerprint density at radius 3 is 2.30 bits per heavy atom. The lowest BCUT2D eigenvalue weighted by Crippen LogP contribution is -2.14. The summed E-state index contributed by atoms with van der Waals surface area (Å²) in [7, 11) is 4.21. The van der Waals surface area contributed by atoms with Gasteiger partial charge < -0.3 is 10.3 Å². The SMILES string of the molecule is CN(C)CC1=C(c2ccccc2-c2ccccc2C=N)CC=C1. The summed E-state index contributed by atoms with van der Waals surface area (Å²) in [5.74, 6) is 0. The molecule has 116 valence electrons. The second-order valence-electron chi connectivity index (χ2n) is 6.13. The molecule has 1 aliphatic carbocycles. The van der Waals surface area contributed by atoms with Crippen LogP contribution in [0.15, 0.2) is 66.3 Å². The summed E-state index contributed by atoms with van der Waals surface area (Å²) in [5.41, 5.74) is 7.36. The van der Waals surface area contributed by atoms with E-state index in [1.165, 1.54) is 28.5 Å². The molecule has 1 aliphatic rings. The highest BCUT2D eigenvalue weighted by Crippen LogP contribution is 2.36. The lowest BCUT2D eigenvalue weighted by molar-refractivity contribution is 0.450. The fraction of sp³-hybridized carbons (Fsp3) is 0.190. The van der Waals surface area contributed by atoms with Crippen LogP contribution < -0.4 is 0 Å². The zero-order valence-electron chi connectivity index (χ0n) is 13.7. The molecule has 0 fully saturated rings. The molecule has 0 bridgehead atoms. The van der Waals surface area contributed by atoms with Gasteiger partial charge in [-0.15, -0.1) is 0 Å². The third kappa shape index (κ3) is 3.17. The van der Waals surface area contributed by atoms with Crippen LogP contribution in [0.25, 0.3) is 16.7 Å². The predicted octanol–water partition coefficient (Wildman–Crippen LogP) is 4.63. The summed E-state index contributed by atoms with van der Waals surface area (Å²) in [6, 6.07) is 16.7. The number of likely N-dealkylation sites (N-methyl/N-ethyl adjacent to an activating group) is 1. The van der Waals surface area contributed by atoms with Crippen molar-refractivity contribution in [3.05, 3.63) is 77.4 Å². The van der Waals surface area contributed by atoms with Crippen LogP contribution >= 0.6 is 0 Å². The standard InChI is InChI=1S/C21H22N2/c1-23(2)15-17-9-7-13-19(17)21-12-6-5-11-20(21)18-10-4-3-8-16(18)14-22/h3-12,14,22H,13,15H2,1-2H3. The van der Waals surface area contributed by atoms with Crippen molar-refractivity contribution in [2.24, 2.45) is 0 Å². The van der Waals surface area contributed by atoms with Gasteiger partial charge in [0, 0.05) is 12.8 Å². The molecular formula is C21H22N2. The highest BCUT2D eigenvalue weighted by Gasteiger charge is 2.16. The molecule has 0 spiro atoms. The van der Waals surface area contributed by atoms with Crippen molar-refractivity contribution < 1.29 is 0 Å². The number of nitrogens with zero attached hydrogens (tertiary/aromatic N) is 1. The minimum Gasteiger partial charge on any atom is -0.308 e. The smallest absolute Gasteiger partial charge is 0.0256 e. The van der Waals surface area contributed by atoms with E-state index < -0.39 is 0 Å². The first-order valence-electron chi connectivity index (χ1n) is 7.93. The van der Waals surface area contributed by atoms with Gasteiger partial charge in [-0.1, -0.05) is 60.7 Å². The van der Waals surface area contributed by atoms with Gasteiger partial charge in [0.15, 0.2) is 0 Å². The van der Waals surface area contributed by atoms with Gasteiger partial charge in [0.25, 0.3) is 0 Å². The first-order chi connectivity index (χ1) is 11.2. The Morgan fingerprint density at radius 1 is 0.957 bits per heavy atom. The van der Waals surface area contributed by atoms with Crippen molar-refractivity contribution >= 4 is 11.8 Å². The largest absolute Gasteiger partial charge is 0.308 e. The van der Waals surface area contributed by atoms with Crippen molar-refractivity contribution in [1.29, 1.82) is 5.41 Å². The van der Waals surface area contributed by atoms with Crippen LogP contribution in [0, 0.1) is 5.41 Å². The highest BCUT2D eigenvalue weighted by molar-refractivity contribution is 5.93. The molecular weight excluding hydrogens is 280 g/mol. The molecule has 0 heterocycles. The molecule has 0 radical (unpaired) electrons. The summed E-state index contributed by atoms with van der Waals surface area (Å²) in [4.78, 5) is 2.21. The molecule has 0 atom stereocenters. The molecule has 23 heavy (non-hydrogen) atoms. The molecule has 0 unspecified atom stereocenters. The average Bonchev–Trinajstić information content (AvgIpc) is 3.02. The first kappa shape index (κ1) is 15.4. The van der Waals surface area contributed by atoms with E-state index in [0.29, 0.717) is 0 Å². The first-order valence-corrected chi connectivity index (χ1v) is 7.93. The van der Waals surface area contributed by atoms with Gasteiger partial charge >= 0.3 is 0 Å². The Bertz CT molecular complexity index is 782. The number of allylic oxidation sites excluding steroid dienone is 2. The van der Waals surface area contributed by atoms with Crippen LogP contribution in [0.1, 0.15) is 17.5 Å². The monoisotopic (exact) mass is 302 g/mol. The van der Waals surface area contributed by atoms with E-state index in [1.54, 1.807) is 0 Å². The Labute approximate surface area is 138 Å². The number of rotatable bonds is 5. The maximum absolute atomic E-state index is 7.69. The normalized spacial score (nSPS) is 13.9. The van der Waals surface area contributed by atoms with Crippen LogP contribution in [0.2, 0.25) is 0 Å². The van der Waals surface area contributed by atoms with Crippen LogP contribution in [0.5, 0.6) is 0 Å². The van der Waals surface area contributed by atoms with Gasteiger partial charge in [-0.05, 0) is 53.9 Å². The molecule has 2 aromatic rings. The van der Waals surface area contributed by atoms with E-state index in [-0.39, 0.29) is 0 Å². The molecule has 0 saturated carbocycles. The molecule has 3 rings (SSSR count). The van der Waals surface area contributed by atoms with Gasteiger partial charge in [0.1, 0.15) is 0 Å². The fourth-order valence-corrected chi connectivity index (χ4v) is 3.17. The van der Waals surface area contributed by atoms with Crippen LogP contribution in [-0.2, 0) is 0 Å². The molecule has 0 aromatic heterocycles. The molecule has 2 heteroatoms.